The van der Waals surface area contributed by atoms with Crippen LogP contribution >= 0.6 is 0 Å². The Morgan fingerprint density at radius 2 is 2.12 bits per heavy atom. The Hall–Kier alpha value is -2.42. The van der Waals surface area contributed by atoms with Crippen LogP contribution in [0, 0.1) is 0 Å². The Morgan fingerprint density at radius 3 is 2.77 bits per heavy atom. The minimum absolute atomic E-state index is 0.0152. The third-order valence-corrected chi connectivity index (χ3v) is 6.17. The highest BCUT2D eigenvalue weighted by molar-refractivity contribution is 7.91. The number of sulfone groups is 1. The molecule has 0 spiro atoms. The van der Waals surface area contributed by atoms with Gasteiger partial charge < -0.3 is 15.0 Å². The van der Waals surface area contributed by atoms with Gasteiger partial charge in [0.1, 0.15) is 0 Å². The molecule has 0 saturated carbocycles. The topological polar surface area (TPSA) is 110 Å². The fourth-order valence-electron chi connectivity index (χ4n) is 3.11. The molecule has 1 N–H and O–H groups in total. The summed E-state index contributed by atoms with van der Waals surface area (Å²) < 4.78 is 27.7. The largest absolute Gasteiger partial charge is 0.452 e. The van der Waals surface area contributed by atoms with E-state index in [1.165, 1.54) is 0 Å². The predicted octanol–water partition coefficient (Wildman–Crippen LogP) is 0.274. The second kappa shape index (κ2) is 7.45. The molecule has 0 aromatic heterocycles. The van der Waals surface area contributed by atoms with E-state index < -0.39 is 34.4 Å². The third-order valence-electron chi connectivity index (χ3n) is 4.40. The maximum atomic E-state index is 12.1. The monoisotopic (exact) mass is 380 g/mol. The zero-order chi connectivity index (χ0) is 18.7. The van der Waals surface area contributed by atoms with Gasteiger partial charge in [0.15, 0.2) is 16.4 Å². The smallest absolute Gasteiger partial charge is 0.338 e. The molecule has 2 heterocycles. The second-order valence-corrected chi connectivity index (χ2v) is 8.67. The Kier molecular flexibility index (Phi) is 5.26. The molecule has 2 saturated heterocycles. The zero-order valence-electron chi connectivity index (χ0n) is 14.1. The second-order valence-electron chi connectivity index (χ2n) is 6.44. The minimum atomic E-state index is -3.09. The van der Waals surface area contributed by atoms with Crippen LogP contribution in [-0.2, 0) is 24.2 Å². The molecule has 9 heteroatoms. The number of carbonyl (C=O) groups excluding carboxylic acids is 3. The van der Waals surface area contributed by atoms with Crippen molar-refractivity contribution >= 4 is 33.3 Å². The van der Waals surface area contributed by atoms with Crippen molar-refractivity contribution in [2.45, 2.75) is 25.3 Å². The summed E-state index contributed by atoms with van der Waals surface area (Å²) in [5.74, 6) is -1.22. The zero-order valence-corrected chi connectivity index (χ0v) is 15.0. The summed E-state index contributed by atoms with van der Waals surface area (Å²) in [7, 11) is -3.09. The van der Waals surface area contributed by atoms with Crippen molar-refractivity contribution in [3.63, 3.8) is 0 Å². The average molecular weight is 380 g/mol. The normalized spacial score (nSPS) is 21.6. The van der Waals surface area contributed by atoms with Crippen LogP contribution in [0.2, 0.25) is 0 Å². The number of benzene rings is 1. The standard InChI is InChI=1S/C17H20N2O6S/c20-15(18-13-6-8-26(23,24)11-13)10-25-17(22)12-3-1-4-14(9-12)19-7-2-5-16(19)21/h1,3-4,9,13H,2,5-8,10-11H2,(H,18,20)/t13-/m1/s1. The van der Waals surface area contributed by atoms with Gasteiger partial charge in [0.05, 0.1) is 17.1 Å². The van der Waals surface area contributed by atoms with Crippen LogP contribution in [0.1, 0.15) is 29.6 Å². The van der Waals surface area contributed by atoms with Gasteiger partial charge >= 0.3 is 5.97 Å². The summed E-state index contributed by atoms with van der Waals surface area (Å²) >= 11 is 0. The SMILES string of the molecule is O=C(COC(=O)c1cccc(N2CCCC2=O)c1)N[C@@H]1CCS(=O)(=O)C1. The number of hydrogen-bond acceptors (Lipinski definition) is 6. The molecule has 8 nitrogen and oxygen atoms in total. The third kappa shape index (κ3) is 4.40. The van der Waals surface area contributed by atoms with Gasteiger partial charge in [0, 0.05) is 24.7 Å². The van der Waals surface area contributed by atoms with Gasteiger partial charge in [0.25, 0.3) is 5.91 Å². The summed E-state index contributed by atoms with van der Waals surface area (Å²) in [5, 5.41) is 2.56. The van der Waals surface area contributed by atoms with Crippen LogP contribution in [-0.4, -0.2) is 56.9 Å². The Morgan fingerprint density at radius 1 is 1.31 bits per heavy atom. The van der Waals surface area contributed by atoms with E-state index >= 15 is 0 Å². The molecule has 1 aromatic carbocycles. The van der Waals surface area contributed by atoms with E-state index in [4.69, 9.17) is 4.74 Å². The number of anilines is 1. The molecule has 0 bridgehead atoms. The van der Waals surface area contributed by atoms with E-state index in [9.17, 15) is 22.8 Å². The molecular weight excluding hydrogens is 360 g/mol. The first-order valence-corrected chi connectivity index (χ1v) is 10.2. The number of amides is 2. The lowest BCUT2D eigenvalue weighted by atomic mass is 10.2. The lowest BCUT2D eigenvalue weighted by molar-refractivity contribution is -0.124. The summed E-state index contributed by atoms with van der Waals surface area (Å²) in [6.45, 7) is 0.131. The molecule has 140 valence electrons. The van der Waals surface area contributed by atoms with Crippen LogP contribution in [0.3, 0.4) is 0 Å². The lowest BCUT2D eigenvalue weighted by Crippen LogP contribution is -2.38. The average Bonchev–Trinajstić information content (AvgIpc) is 3.17. The molecule has 0 unspecified atom stereocenters. The molecule has 0 aliphatic carbocycles. The van der Waals surface area contributed by atoms with Gasteiger partial charge in [-0.1, -0.05) is 6.07 Å². The van der Waals surface area contributed by atoms with Crippen LogP contribution in [0.25, 0.3) is 0 Å². The summed E-state index contributed by atoms with van der Waals surface area (Å²) in [5.41, 5.74) is 0.876. The highest BCUT2D eigenvalue weighted by Crippen LogP contribution is 2.22. The summed E-state index contributed by atoms with van der Waals surface area (Å²) in [6.07, 6.45) is 1.64. The van der Waals surface area contributed by atoms with E-state index in [-0.39, 0.29) is 23.0 Å². The maximum absolute atomic E-state index is 12.1. The minimum Gasteiger partial charge on any atom is -0.452 e. The van der Waals surface area contributed by atoms with Crippen molar-refractivity contribution in [3.8, 4) is 0 Å². The highest BCUT2D eigenvalue weighted by Gasteiger charge is 2.29. The summed E-state index contributed by atoms with van der Waals surface area (Å²) in [6, 6.07) is 6.07. The van der Waals surface area contributed by atoms with Crippen LogP contribution < -0.4 is 10.2 Å². The maximum Gasteiger partial charge on any atom is 0.338 e. The molecule has 1 aromatic rings. The number of rotatable bonds is 5. The Balaban J connectivity index is 1.53. The van der Waals surface area contributed by atoms with Crippen molar-refractivity contribution in [2.75, 3.05) is 29.6 Å². The van der Waals surface area contributed by atoms with Crippen LogP contribution in [0.5, 0.6) is 0 Å². The fourth-order valence-corrected chi connectivity index (χ4v) is 4.79. The van der Waals surface area contributed by atoms with Gasteiger partial charge in [-0.05, 0) is 31.0 Å². The molecule has 26 heavy (non-hydrogen) atoms. The number of ether oxygens (including phenoxy) is 1. The van der Waals surface area contributed by atoms with Crippen molar-refractivity contribution in [1.82, 2.24) is 5.32 Å². The molecular formula is C17H20N2O6S. The van der Waals surface area contributed by atoms with E-state index in [1.807, 2.05) is 0 Å². The number of nitrogens with one attached hydrogen (secondary N) is 1. The van der Waals surface area contributed by atoms with Crippen molar-refractivity contribution in [3.05, 3.63) is 29.8 Å². The van der Waals surface area contributed by atoms with Gasteiger partial charge in [-0.2, -0.15) is 0 Å². The van der Waals surface area contributed by atoms with Gasteiger partial charge in [0.2, 0.25) is 5.91 Å². The number of esters is 1. The van der Waals surface area contributed by atoms with E-state index in [0.29, 0.717) is 25.1 Å². The number of hydrogen-bond donors (Lipinski definition) is 1. The first-order chi connectivity index (χ1) is 12.3. The van der Waals surface area contributed by atoms with Gasteiger partial charge in [-0.15, -0.1) is 0 Å². The fraction of sp³-hybridized carbons (Fsp3) is 0.471. The first-order valence-electron chi connectivity index (χ1n) is 8.41. The summed E-state index contributed by atoms with van der Waals surface area (Å²) in [4.78, 5) is 37.4. The molecule has 2 fully saturated rings. The van der Waals surface area contributed by atoms with Crippen molar-refractivity contribution in [2.24, 2.45) is 0 Å². The van der Waals surface area contributed by atoms with Crippen LogP contribution in [0.15, 0.2) is 24.3 Å². The quantitative estimate of drug-likeness (QED) is 0.735. The molecule has 1 atom stereocenters. The first kappa shape index (κ1) is 18.4. The van der Waals surface area contributed by atoms with E-state index in [0.717, 1.165) is 6.42 Å². The van der Waals surface area contributed by atoms with E-state index in [1.54, 1.807) is 29.2 Å². The van der Waals surface area contributed by atoms with Gasteiger partial charge in [-0.25, -0.2) is 13.2 Å². The lowest BCUT2D eigenvalue weighted by Gasteiger charge is -2.16. The number of nitrogens with zero attached hydrogens (tertiary/aromatic N) is 1. The molecule has 2 aliphatic rings. The predicted molar refractivity (Wildman–Crippen MR) is 93.5 cm³/mol. The van der Waals surface area contributed by atoms with Crippen molar-refractivity contribution < 1.29 is 27.5 Å². The van der Waals surface area contributed by atoms with Crippen LogP contribution in [0.4, 0.5) is 5.69 Å². The number of carbonyl (C=O) groups is 3. The molecule has 0 radical (unpaired) electrons. The Labute approximate surface area is 151 Å². The van der Waals surface area contributed by atoms with Crippen molar-refractivity contribution in [1.29, 1.82) is 0 Å². The molecule has 2 amide bonds. The molecule has 2 aliphatic heterocycles. The Bertz CT molecular complexity index is 835. The van der Waals surface area contributed by atoms with Gasteiger partial charge in [-0.3, -0.25) is 9.59 Å². The highest BCUT2D eigenvalue weighted by atomic mass is 32.2. The van der Waals surface area contributed by atoms with E-state index in [2.05, 4.69) is 5.32 Å². The molecule has 3 rings (SSSR count).